The largest absolute Gasteiger partial charge is 0.505 e. The van der Waals surface area contributed by atoms with Crippen molar-refractivity contribution in [3.63, 3.8) is 0 Å². The summed E-state index contributed by atoms with van der Waals surface area (Å²) in [7, 11) is -2.26. The van der Waals surface area contributed by atoms with Crippen LogP contribution >= 0.6 is 0 Å². The summed E-state index contributed by atoms with van der Waals surface area (Å²) in [5.41, 5.74) is 0.801. The van der Waals surface area contributed by atoms with Gasteiger partial charge in [0.1, 0.15) is 6.61 Å². The van der Waals surface area contributed by atoms with Crippen molar-refractivity contribution in [2.24, 2.45) is 0 Å². The number of diazo groups is 1. The van der Waals surface area contributed by atoms with Crippen molar-refractivity contribution >= 4 is 25.3 Å². The van der Waals surface area contributed by atoms with Crippen LogP contribution < -0.4 is 5.19 Å². The van der Waals surface area contributed by atoms with Crippen molar-refractivity contribution < 1.29 is 19.4 Å². The number of carbonyl (C=O) groups is 2. The Bertz CT molecular complexity index is 1020. The van der Waals surface area contributed by atoms with Crippen molar-refractivity contribution in [2.75, 3.05) is 6.61 Å². The number of carbonyl (C=O) groups excluding carboxylic acids is 2. The zero-order valence-electron chi connectivity index (χ0n) is 18.3. The number of ether oxygens (including phenoxy) is 1. The number of cyclic esters (lactones) is 1. The number of hydrogen-bond acceptors (Lipinski definition) is 5. The predicted molar refractivity (Wildman–Crippen MR) is 124 cm³/mol. The van der Waals surface area contributed by atoms with Crippen LogP contribution in [0.3, 0.4) is 0 Å². The number of amides is 2. The second-order valence-electron chi connectivity index (χ2n) is 8.61. The fourth-order valence-electron chi connectivity index (χ4n) is 4.17. The molecule has 1 heterocycles. The van der Waals surface area contributed by atoms with Crippen LogP contribution in [-0.2, 0) is 16.0 Å². The van der Waals surface area contributed by atoms with Gasteiger partial charge in [0.2, 0.25) is 11.3 Å². The molecule has 0 spiro atoms. The minimum Gasteiger partial charge on any atom is -0.505 e. The van der Waals surface area contributed by atoms with Gasteiger partial charge in [0.25, 0.3) is 0 Å². The zero-order chi connectivity index (χ0) is 23.1. The summed E-state index contributed by atoms with van der Waals surface area (Å²) in [6.07, 6.45) is 1.14. The molecule has 0 saturated carbocycles. The number of allylic oxidation sites excluding steroid dienone is 1. The van der Waals surface area contributed by atoms with Gasteiger partial charge in [-0.15, -0.1) is 0 Å². The zero-order valence-corrected chi connectivity index (χ0v) is 19.3. The molecular weight excluding hydrogens is 422 g/mol. The summed E-state index contributed by atoms with van der Waals surface area (Å²) >= 11 is 0. The van der Waals surface area contributed by atoms with E-state index in [4.69, 9.17) is 10.1 Å². The van der Waals surface area contributed by atoms with Gasteiger partial charge in [0.05, 0.1) is 14.1 Å². The van der Waals surface area contributed by atoms with Gasteiger partial charge >= 0.3 is 12.3 Å². The van der Waals surface area contributed by atoms with Gasteiger partial charge in [-0.2, -0.15) is 0 Å². The molecule has 3 rings (SSSR count). The third-order valence-electron chi connectivity index (χ3n) is 6.17. The highest BCUT2D eigenvalue weighted by Crippen LogP contribution is 2.33. The molecule has 0 unspecified atom stereocenters. The molecular formula is C24H28N3O4Si+. The predicted octanol–water partition coefficient (Wildman–Crippen LogP) is 4.59. The molecule has 1 saturated heterocycles. The second kappa shape index (κ2) is 10.2. The maximum atomic E-state index is 13.4. The first-order valence-corrected chi connectivity index (χ1v) is 13.7. The van der Waals surface area contributed by atoms with E-state index in [2.05, 4.69) is 18.1 Å². The first-order chi connectivity index (χ1) is 15.3. The van der Waals surface area contributed by atoms with Crippen LogP contribution in [0.25, 0.3) is 4.98 Å². The Morgan fingerprint density at radius 1 is 1.19 bits per heavy atom. The average Bonchev–Trinajstić information content (AvgIpc) is 3.14. The van der Waals surface area contributed by atoms with Crippen molar-refractivity contribution in [2.45, 2.75) is 43.9 Å². The molecule has 2 aromatic carbocycles. The highest BCUT2D eigenvalue weighted by atomic mass is 28.3. The fraction of sp³-hybridized carbons (Fsp3) is 0.333. The lowest BCUT2D eigenvalue weighted by Gasteiger charge is -2.33. The van der Waals surface area contributed by atoms with Gasteiger partial charge in [-0.3, -0.25) is 4.79 Å². The van der Waals surface area contributed by atoms with E-state index < -0.39 is 14.2 Å². The molecule has 1 N–H and O–H groups in total. The van der Waals surface area contributed by atoms with E-state index in [9.17, 15) is 14.7 Å². The van der Waals surface area contributed by atoms with Crippen LogP contribution in [0.4, 0.5) is 4.79 Å². The molecule has 0 bridgehead atoms. The standard InChI is InChI=1S/C24H27N3O4Si/c1-32(2,21-11-7-4-8-12-21)22(14-20(28)16-26-25)15-23(29)27-19(17-31-24(27)30)13-18-9-5-3-6-10-18/h3-12,16,19,22H,13-15,17H2,1-2H3/p+1/b20-16-/t19-,22-/m0/s1. The summed E-state index contributed by atoms with van der Waals surface area (Å²) < 4.78 is 5.21. The lowest BCUT2D eigenvalue weighted by molar-refractivity contribution is -0.129. The third kappa shape index (κ3) is 5.42. The van der Waals surface area contributed by atoms with E-state index in [0.717, 1.165) is 17.0 Å². The van der Waals surface area contributed by atoms with E-state index in [0.29, 0.717) is 6.42 Å². The first kappa shape index (κ1) is 23.2. The Balaban J connectivity index is 1.84. The average molecular weight is 451 g/mol. The van der Waals surface area contributed by atoms with Crippen molar-refractivity contribution in [1.29, 1.82) is 5.39 Å². The maximum absolute atomic E-state index is 13.4. The quantitative estimate of drug-likeness (QED) is 0.360. The molecule has 2 atom stereocenters. The number of imide groups is 1. The first-order valence-electron chi connectivity index (χ1n) is 10.6. The Morgan fingerprint density at radius 2 is 1.81 bits per heavy atom. The Morgan fingerprint density at radius 3 is 2.44 bits per heavy atom. The summed E-state index contributed by atoms with van der Waals surface area (Å²) in [5.74, 6) is -0.421. The Kier molecular flexibility index (Phi) is 7.43. The maximum Gasteiger partial charge on any atom is 0.416 e. The van der Waals surface area contributed by atoms with E-state index in [1.54, 1.807) is 0 Å². The molecule has 7 nitrogen and oxygen atoms in total. The van der Waals surface area contributed by atoms with Crippen molar-refractivity contribution in [3.8, 4) is 0 Å². The molecule has 166 valence electrons. The summed E-state index contributed by atoms with van der Waals surface area (Å²) in [6, 6.07) is 19.2. The number of aliphatic hydroxyl groups excluding tert-OH is 1. The lowest BCUT2D eigenvalue weighted by atomic mass is 10.1. The third-order valence-corrected chi connectivity index (χ3v) is 10.4. The van der Waals surface area contributed by atoms with Crippen molar-refractivity contribution in [3.05, 3.63) is 83.2 Å². The summed E-state index contributed by atoms with van der Waals surface area (Å²) in [6.45, 7) is 4.43. The Hall–Kier alpha value is -3.44. The highest BCUT2D eigenvalue weighted by Gasteiger charge is 2.42. The molecule has 8 heteroatoms. The minimum absolute atomic E-state index is 0.0812. The van der Waals surface area contributed by atoms with Crippen molar-refractivity contribution in [1.82, 2.24) is 4.90 Å². The highest BCUT2D eigenvalue weighted by molar-refractivity contribution is 6.91. The lowest BCUT2D eigenvalue weighted by Crippen LogP contribution is -2.49. The smallest absolute Gasteiger partial charge is 0.416 e. The molecule has 1 aliphatic rings. The fourth-order valence-corrected chi connectivity index (χ4v) is 7.10. The minimum atomic E-state index is -2.26. The molecule has 1 aliphatic heterocycles. The van der Waals surface area contributed by atoms with Gasteiger partial charge in [-0.25, -0.2) is 9.69 Å². The van der Waals surface area contributed by atoms with Crippen LogP contribution in [0.5, 0.6) is 0 Å². The van der Waals surface area contributed by atoms with E-state index in [1.807, 2.05) is 60.7 Å². The summed E-state index contributed by atoms with van der Waals surface area (Å²) in [4.78, 5) is 29.9. The number of nitrogens with zero attached hydrogens (tertiary/aromatic N) is 3. The SMILES string of the molecule is C[Si](C)(c1ccccc1)[C@H](CC(=O)N1C(=O)OC[C@@H]1Cc1ccccc1)C/C(O)=C/[N+]#N. The summed E-state index contributed by atoms with van der Waals surface area (Å²) in [5, 5.41) is 20.2. The van der Waals surface area contributed by atoms with Crippen LogP contribution in [0.15, 0.2) is 72.6 Å². The normalized spacial score (nSPS) is 17.5. The van der Waals surface area contributed by atoms with Crippen LogP contribution in [0.1, 0.15) is 18.4 Å². The molecule has 0 aromatic heterocycles. The van der Waals surface area contributed by atoms with Crippen LogP contribution in [0.2, 0.25) is 18.6 Å². The molecule has 0 radical (unpaired) electrons. The monoisotopic (exact) mass is 450 g/mol. The Labute approximate surface area is 189 Å². The second-order valence-corrected chi connectivity index (χ2v) is 13.5. The number of aliphatic hydroxyl groups is 1. The molecule has 2 aromatic rings. The van der Waals surface area contributed by atoms with E-state index >= 15 is 0 Å². The van der Waals surface area contributed by atoms with Gasteiger partial charge in [0, 0.05) is 12.8 Å². The molecule has 1 fully saturated rings. The van der Waals surface area contributed by atoms with E-state index in [-0.39, 0.29) is 42.7 Å². The van der Waals surface area contributed by atoms with E-state index in [1.165, 1.54) is 4.90 Å². The topological polar surface area (TPSA) is 95.0 Å². The number of benzene rings is 2. The van der Waals surface area contributed by atoms with Crippen LogP contribution in [-0.4, -0.2) is 42.7 Å². The number of rotatable bonds is 8. The van der Waals surface area contributed by atoms with Crippen LogP contribution in [0, 0.1) is 5.39 Å². The van der Waals surface area contributed by atoms with Gasteiger partial charge < -0.3 is 9.84 Å². The van der Waals surface area contributed by atoms with Gasteiger partial charge in [-0.1, -0.05) is 78.9 Å². The number of hydrogen-bond donors (Lipinski definition) is 1. The van der Waals surface area contributed by atoms with Gasteiger partial charge in [-0.05, 0) is 17.5 Å². The molecule has 32 heavy (non-hydrogen) atoms. The van der Waals surface area contributed by atoms with Gasteiger partial charge in [0.15, 0.2) is 10.7 Å². The molecule has 0 aliphatic carbocycles. The molecule has 2 amide bonds.